The summed E-state index contributed by atoms with van der Waals surface area (Å²) in [4.78, 5) is 25.1. The number of carbonyl (C=O) groups is 2. The topological polar surface area (TPSA) is 87.7 Å². The van der Waals surface area contributed by atoms with Gasteiger partial charge in [0.1, 0.15) is 23.0 Å². The van der Waals surface area contributed by atoms with Crippen molar-refractivity contribution in [3.8, 4) is 0 Å². The molecule has 0 spiro atoms. The van der Waals surface area contributed by atoms with E-state index in [4.69, 9.17) is 4.74 Å². The quantitative estimate of drug-likeness (QED) is 0.405. The summed E-state index contributed by atoms with van der Waals surface area (Å²) in [6.45, 7) is -0.0932. The lowest BCUT2D eigenvalue weighted by Gasteiger charge is -2.26. The summed E-state index contributed by atoms with van der Waals surface area (Å²) in [5.74, 6) is -5.50. The van der Waals surface area contributed by atoms with Gasteiger partial charge in [-0.25, -0.2) is 13.2 Å². The molecule has 3 N–H and O–H groups in total. The van der Waals surface area contributed by atoms with E-state index < -0.39 is 47.0 Å². The Balaban J connectivity index is 1.66. The van der Waals surface area contributed by atoms with Crippen molar-refractivity contribution in [1.29, 1.82) is 0 Å². The minimum Gasteiger partial charge on any atom is -0.390 e. The van der Waals surface area contributed by atoms with Gasteiger partial charge in [-0.05, 0) is 30.5 Å². The summed E-state index contributed by atoms with van der Waals surface area (Å²) < 4.78 is 47.9. The Hall–Kier alpha value is -2.43. The van der Waals surface area contributed by atoms with Crippen molar-refractivity contribution in [2.75, 3.05) is 6.61 Å². The van der Waals surface area contributed by atoms with Gasteiger partial charge in [-0.2, -0.15) is 0 Å². The highest BCUT2D eigenvalue weighted by molar-refractivity contribution is 9.10. The highest BCUT2D eigenvalue weighted by Crippen LogP contribution is 2.18. The number of aliphatic hydroxyl groups excluding tert-OH is 1. The minimum absolute atomic E-state index is 0.0348. The Labute approximate surface area is 210 Å². The van der Waals surface area contributed by atoms with Crippen molar-refractivity contribution in [1.82, 2.24) is 10.6 Å². The molecule has 1 saturated carbocycles. The van der Waals surface area contributed by atoms with Gasteiger partial charge in [0.05, 0.1) is 31.8 Å². The van der Waals surface area contributed by atoms with Crippen LogP contribution in [0.1, 0.15) is 54.4 Å². The highest BCUT2D eigenvalue weighted by Gasteiger charge is 2.28. The van der Waals surface area contributed by atoms with Crippen LogP contribution < -0.4 is 10.6 Å². The van der Waals surface area contributed by atoms with Crippen molar-refractivity contribution in [3.05, 3.63) is 69.4 Å². The van der Waals surface area contributed by atoms with Crippen LogP contribution in [0.5, 0.6) is 0 Å². The van der Waals surface area contributed by atoms with E-state index in [9.17, 15) is 27.9 Å². The van der Waals surface area contributed by atoms with Crippen molar-refractivity contribution in [3.63, 3.8) is 0 Å². The molecule has 0 bridgehead atoms. The number of ether oxygens (including phenoxy) is 1. The molecule has 2 aromatic carbocycles. The number of hydrogen-bond donors (Lipinski definition) is 3. The molecule has 0 saturated heterocycles. The van der Waals surface area contributed by atoms with Gasteiger partial charge in [-0.3, -0.25) is 9.59 Å². The van der Waals surface area contributed by atoms with Gasteiger partial charge in [0.25, 0.3) is 5.91 Å². The fourth-order valence-corrected chi connectivity index (χ4v) is 4.26. The largest absolute Gasteiger partial charge is 0.390 e. The zero-order chi connectivity index (χ0) is 25.4. The van der Waals surface area contributed by atoms with Crippen LogP contribution in [0.2, 0.25) is 0 Å². The first-order chi connectivity index (χ1) is 16.7. The lowest BCUT2D eigenvalue weighted by atomic mass is 9.95. The summed E-state index contributed by atoms with van der Waals surface area (Å²) in [5.41, 5.74) is -0.165. The summed E-state index contributed by atoms with van der Waals surface area (Å²) in [5, 5.41) is 15.9. The summed E-state index contributed by atoms with van der Waals surface area (Å²) in [6, 6.07) is 6.94. The highest BCUT2D eigenvalue weighted by atomic mass is 79.9. The second-order valence-corrected chi connectivity index (χ2v) is 9.56. The molecule has 3 rings (SSSR count). The summed E-state index contributed by atoms with van der Waals surface area (Å²) in [7, 11) is 0. The van der Waals surface area contributed by atoms with Gasteiger partial charge in [0.2, 0.25) is 5.91 Å². The molecule has 0 radical (unpaired) electrons. The molecular formula is C25H28BrF3N2O4. The average molecular weight is 557 g/mol. The van der Waals surface area contributed by atoms with Crippen molar-refractivity contribution >= 4 is 27.7 Å². The normalized spacial score (nSPS) is 15.9. The van der Waals surface area contributed by atoms with E-state index in [-0.39, 0.29) is 25.7 Å². The predicted molar refractivity (Wildman–Crippen MR) is 127 cm³/mol. The molecule has 0 aliphatic heterocycles. The Morgan fingerprint density at radius 3 is 2.31 bits per heavy atom. The smallest absolute Gasteiger partial charge is 0.257 e. The number of hydrogen-bond acceptors (Lipinski definition) is 4. The van der Waals surface area contributed by atoms with Crippen LogP contribution in [0, 0.1) is 17.5 Å². The monoisotopic (exact) mass is 556 g/mol. The van der Waals surface area contributed by atoms with Gasteiger partial charge in [0.15, 0.2) is 0 Å². The lowest BCUT2D eigenvalue weighted by molar-refractivity contribution is -0.124. The third-order valence-electron chi connectivity index (χ3n) is 5.86. The van der Waals surface area contributed by atoms with Gasteiger partial charge in [0, 0.05) is 22.6 Å². The van der Waals surface area contributed by atoms with E-state index in [0.29, 0.717) is 12.1 Å². The molecule has 190 valence electrons. The third kappa shape index (κ3) is 8.33. The van der Waals surface area contributed by atoms with Gasteiger partial charge in [-0.1, -0.05) is 47.3 Å². The number of rotatable bonds is 10. The number of aliphatic hydroxyl groups is 1. The Morgan fingerprint density at radius 2 is 1.69 bits per heavy atom. The van der Waals surface area contributed by atoms with E-state index in [0.717, 1.165) is 42.1 Å². The molecule has 10 heteroatoms. The molecule has 35 heavy (non-hydrogen) atoms. The zero-order valence-electron chi connectivity index (χ0n) is 19.0. The molecule has 1 aliphatic rings. The van der Waals surface area contributed by atoms with Crippen molar-refractivity contribution < 1.29 is 32.6 Å². The number of benzene rings is 2. The van der Waals surface area contributed by atoms with Crippen LogP contribution in [-0.4, -0.2) is 41.7 Å². The Morgan fingerprint density at radius 1 is 1.06 bits per heavy atom. The number of nitrogens with one attached hydrogen (secondary N) is 2. The number of carbonyl (C=O) groups excluding carboxylic acids is 2. The Kier molecular flexibility index (Phi) is 10.1. The molecule has 0 aromatic heterocycles. The predicted octanol–water partition coefficient (Wildman–Crippen LogP) is 4.38. The molecule has 0 heterocycles. The molecule has 1 aliphatic carbocycles. The fraction of sp³-hybridized carbons (Fsp3) is 0.440. The molecule has 2 aromatic rings. The van der Waals surface area contributed by atoms with E-state index in [2.05, 4.69) is 26.6 Å². The van der Waals surface area contributed by atoms with Crippen LogP contribution in [0.15, 0.2) is 40.9 Å². The molecule has 0 unspecified atom stereocenters. The van der Waals surface area contributed by atoms with Crippen molar-refractivity contribution in [2.24, 2.45) is 0 Å². The first kappa shape index (κ1) is 27.2. The van der Waals surface area contributed by atoms with Crippen LogP contribution in [0.3, 0.4) is 0 Å². The van der Waals surface area contributed by atoms with Gasteiger partial charge < -0.3 is 20.5 Å². The molecule has 2 amide bonds. The van der Waals surface area contributed by atoms with Gasteiger partial charge in [-0.15, -0.1) is 0 Å². The SMILES string of the molecule is O=C(C[C@H](O)[C@H](COCc1ccc(Br)cc1)NC(=O)c1c(F)cc(F)cc1F)NC1CCCCC1. The second kappa shape index (κ2) is 13.0. The molecular weight excluding hydrogens is 529 g/mol. The second-order valence-electron chi connectivity index (χ2n) is 8.64. The van der Waals surface area contributed by atoms with E-state index >= 15 is 0 Å². The number of halogens is 4. The molecule has 2 atom stereocenters. The zero-order valence-corrected chi connectivity index (χ0v) is 20.6. The van der Waals surface area contributed by atoms with Crippen LogP contribution in [0.4, 0.5) is 13.2 Å². The first-order valence-electron chi connectivity index (χ1n) is 11.5. The maximum atomic E-state index is 14.1. The Bertz CT molecular complexity index is 993. The summed E-state index contributed by atoms with van der Waals surface area (Å²) in [6.07, 6.45) is 3.16. The number of amides is 2. The van der Waals surface area contributed by atoms with E-state index in [1.165, 1.54) is 0 Å². The average Bonchev–Trinajstić information content (AvgIpc) is 2.79. The first-order valence-corrected chi connectivity index (χ1v) is 12.3. The van der Waals surface area contributed by atoms with Crippen LogP contribution in [0.25, 0.3) is 0 Å². The molecule has 6 nitrogen and oxygen atoms in total. The van der Waals surface area contributed by atoms with Crippen LogP contribution in [-0.2, 0) is 16.1 Å². The lowest BCUT2D eigenvalue weighted by Crippen LogP contribution is -2.49. The van der Waals surface area contributed by atoms with Crippen molar-refractivity contribution in [2.45, 2.75) is 63.3 Å². The summed E-state index contributed by atoms with van der Waals surface area (Å²) >= 11 is 3.34. The maximum Gasteiger partial charge on any atom is 0.257 e. The van der Waals surface area contributed by atoms with E-state index in [1.807, 2.05) is 24.3 Å². The molecule has 1 fully saturated rings. The van der Waals surface area contributed by atoms with Crippen LogP contribution >= 0.6 is 15.9 Å². The third-order valence-corrected chi connectivity index (χ3v) is 6.39. The standard InChI is InChI=1S/C25H28BrF3N2O4/c26-16-8-6-15(7-9-16)13-35-14-21(22(32)12-23(33)30-18-4-2-1-3-5-18)31-25(34)24-19(28)10-17(27)11-20(24)29/h6-11,18,21-22,32H,1-5,12-14H2,(H,30,33)(H,31,34)/t21-,22-/m0/s1. The minimum atomic E-state index is -1.39. The maximum absolute atomic E-state index is 14.1. The van der Waals surface area contributed by atoms with E-state index in [1.54, 1.807) is 0 Å². The van der Waals surface area contributed by atoms with Gasteiger partial charge >= 0.3 is 0 Å². The fourth-order valence-electron chi connectivity index (χ4n) is 4.00.